The van der Waals surface area contributed by atoms with E-state index in [9.17, 15) is 4.79 Å². The number of hydrogen-bond donors (Lipinski definition) is 1. The summed E-state index contributed by atoms with van der Waals surface area (Å²) in [5.74, 6) is 0.134. The number of nitrogens with one attached hydrogen (secondary N) is 1. The molecule has 1 amide bonds. The van der Waals surface area contributed by atoms with E-state index < -0.39 is 0 Å². The Morgan fingerprint density at radius 2 is 2.00 bits per heavy atom. The van der Waals surface area contributed by atoms with Crippen LogP contribution in [0.25, 0.3) is 11.3 Å². The number of rotatable bonds is 7. The molecular weight excluding hydrogens is 360 g/mol. The maximum atomic E-state index is 12.3. The van der Waals surface area contributed by atoms with Gasteiger partial charge in [0.1, 0.15) is 0 Å². The van der Waals surface area contributed by atoms with Crippen molar-refractivity contribution in [2.75, 3.05) is 26.2 Å². The zero-order valence-electron chi connectivity index (χ0n) is 17.0. The first-order chi connectivity index (χ1) is 14.3. The smallest absolute Gasteiger partial charge is 0.234 e. The first-order valence-electron chi connectivity index (χ1n) is 10.7. The van der Waals surface area contributed by atoms with Crippen molar-refractivity contribution >= 4 is 11.5 Å². The minimum absolute atomic E-state index is 0.134. The Hall–Kier alpha value is -2.66. The van der Waals surface area contributed by atoms with Crippen LogP contribution in [0.2, 0.25) is 0 Å². The normalized spacial score (nSPS) is 17.5. The van der Waals surface area contributed by atoms with E-state index in [-0.39, 0.29) is 5.91 Å². The highest BCUT2D eigenvalue weighted by Gasteiger charge is 2.17. The first kappa shape index (κ1) is 19.6. The van der Waals surface area contributed by atoms with Crippen molar-refractivity contribution in [3.63, 3.8) is 0 Å². The fraction of sp³-hybridized carbons (Fsp3) is 0.417. The van der Waals surface area contributed by atoms with Crippen LogP contribution in [0.5, 0.6) is 0 Å². The molecule has 1 aromatic carbocycles. The summed E-state index contributed by atoms with van der Waals surface area (Å²) in [7, 11) is 0. The maximum absolute atomic E-state index is 12.3. The standard InChI is InChI=1S/C24H30N4O/c29-24(25-14-11-20-7-3-1-4-8-20)19-27-15-12-21(13-16-27)22-17-26-28(18-22)23-9-5-2-6-10-23/h2,5-7,9-10,12,17-18H,1,3-4,8,11,13-16,19H2,(H,25,29). The molecule has 5 nitrogen and oxygen atoms in total. The second-order valence-electron chi connectivity index (χ2n) is 7.93. The first-order valence-corrected chi connectivity index (χ1v) is 10.7. The topological polar surface area (TPSA) is 50.2 Å². The van der Waals surface area contributed by atoms with Crippen LogP contribution in [0.1, 0.15) is 44.1 Å². The lowest BCUT2D eigenvalue weighted by atomic mass is 9.97. The van der Waals surface area contributed by atoms with E-state index in [4.69, 9.17) is 0 Å². The fourth-order valence-corrected chi connectivity index (χ4v) is 4.08. The lowest BCUT2D eigenvalue weighted by molar-refractivity contribution is -0.122. The van der Waals surface area contributed by atoms with Gasteiger partial charge < -0.3 is 5.32 Å². The average Bonchev–Trinajstić information content (AvgIpc) is 3.26. The minimum atomic E-state index is 0.134. The summed E-state index contributed by atoms with van der Waals surface area (Å²) in [5.41, 5.74) is 5.06. The molecule has 0 saturated heterocycles. The van der Waals surface area contributed by atoms with E-state index in [1.165, 1.54) is 42.4 Å². The summed E-state index contributed by atoms with van der Waals surface area (Å²) in [6.07, 6.45) is 15.6. The molecule has 2 aromatic rings. The quantitative estimate of drug-likeness (QED) is 0.728. The number of allylic oxidation sites excluding steroid dienone is 1. The summed E-state index contributed by atoms with van der Waals surface area (Å²) in [4.78, 5) is 14.5. The predicted molar refractivity (Wildman–Crippen MR) is 117 cm³/mol. The Kier molecular flexibility index (Phi) is 6.57. The van der Waals surface area contributed by atoms with Gasteiger partial charge in [0.15, 0.2) is 0 Å². The van der Waals surface area contributed by atoms with Gasteiger partial charge in [0.25, 0.3) is 0 Å². The number of carbonyl (C=O) groups excluding carboxylic acids is 1. The van der Waals surface area contributed by atoms with Crippen LogP contribution in [-0.2, 0) is 4.79 Å². The van der Waals surface area contributed by atoms with Crippen LogP contribution in [0.15, 0.2) is 60.5 Å². The van der Waals surface area contributed by atoms with E-state index in [2.05, 4.69) is 45.8 Å². The van der Waals surface area contributed by atoms with Gasteiger partial charge in [-0.2, -0.15) is 5.10 Å². The summed E-state index contributed by atoms with van der Waals surface area (Å²) in [5, 5.41) is 7.58. The minimum Gasteiger partial charge on any atom is -0.355 e. The van der Waals surface area contributed by atoms with E-state index in [0.29, 0.717) is 6.54 Å². The molecule has 1 aliphatic heterocycles. The molecule has 0 fully saturated rings. The van der Waals surface area contributed by atoms with E-state index in [0.717, 1.165) is 38.2 Å². The van der Waals surface area contributed by atoms with E-state index in [1.807, 2.05) is 29.1 Å². The molecular formula is C24H30N4O. The maximum Gasteiger partial charge on any atom is 0.234 e. The third kappa shape index (κ3) is 5.45. The van der Waals surface area contributed by atoms with Crippen LogP contribution in [-0.4, -0.2) is 46.8 Å². The van der Waals surface area contributed by atoms with Gasteiger partial charge in [-0.3, -0.25) is 9.69 Å². The number of carbonyl (C=O) groups is 1. The number of para-hydroxylation sites is 1. The summed E-state index contributed by atoms with van der Waals surface area (Å²) < 4.78 is 1.91. The van der Waals surface area contributed by atoms with Gasteiger partial charge in [0.05, 0.1) is 18.4 Å². The largest absolute Gasteiger partial charge is 0.355 e. The molecule has 0 radical (unpaired) electrons. The van der Waals surface area contributed by atoms with Crippen molar-refractivity contribution in [3.05, 3.63) is 66.0 Å². The predicted octanol–water partition coefficient (Wildman–Crippen LogP) is 3.97. The summed E-state index contributed by atoms with van der Waals surface area (Å²) in [6, 6.07) is 10.2. The SMILES string of the molecule is O=C(CN1CC=C(c2cnn(-c3ccccc3)c2)CC1)NCCC1=CCCCC1. The monoisotopic (exact) mass is 390 g/mol. The van der Waals surface area contributed by atoms with Crippen LogP contribution in [0.3, 0.4) is 0 Å². The molecule has 0 unspecified atom stereocenters. The molecule has 29 heavy (non-hydrogen) atoms. The van der Waals surface area contributed by atoms with Gasteiger partial charge in [0, 0.05) is 31.4 Å². The van der Waals surface area contributed by atoms with Crippen LogP contribution in [0, 0.1) is 0 Å². The Morgan fingerprint density at radius 3 is 2.76 bits per heavy atom. The fourth-order valence-electron chi connectivity index (χ4n) is 4.08. The molecule has 0 spiro atoms. The van der Waals surface area contributed by atoms with Crippen LogP contribution < -0.4 is 5.32 Å². The van der Waals surface area contributed by atoms with Gasteiger partial charge in [-0.05, 0) is 56.2 Å². The van der Waals surface area contributed by atoms with Crippen molar-refractivity contribution in [1.29, 1.82) is 0 Å². The summed E-state index contributed by atoms with van der Waals surface area (Å²) in [6.45, 7) is 2.95. The number of nitrogens with zero attached hydrogens (tertiary/aromatic N) is 3. The van der Waals surface area contributed by atoms with Gasteiger partial charge in [-0.25, -0.2) is 4.68 Å². The molecule has 1 N–H and O–H groups in total. The average molecular weight is 391 g/mol. The Labute approximate surface area is 173 Å². The van der Waals surface area contributed by atoms with Crippen molar-refractivity contribution < 1.29 is 4.79 Å². The van der Waals surface area contributed by atoms with Gasteiger partial charge in [0.2, 0.25) is 5.91 Å². The third-order valence-corrected chi connectivity index (χ3v) is 5.79. The molecule has 0 bridgehead atoms. The number of hydrogen-bond acceptors (Lipinski definition) is 3. The molecule has 152 valence electrons. The van der Waals surface area contributed by atoms with Crippen molar-refractivity contribution in [2.24, 2.45) is 0 Å². The third-order valence-electron chi connectivity index (χ3n) is 5.79. The molecule has 0 saturated carbocycles. The van der Waals surface area contributed by atoms with Gasteiger partial charge >= 0.3 is 0 Å². The molecule has 1 aromatic heterocycles. The number of amides is 1. The van der Waals surface area contributed by atoms with E-state index in [1.54, 1.807) is 0 Å². The molecule has 5 heteroatoms. The number of benzene rings is 1. The lowest BCUT2D eigenvalue weighted by Crippen LogP contribution is -2.39. The second kappa shape index (κ2) is 9.70. The Morgan fingerprint density at radius 1 is 1.10 bits per heavy atom. The molecule has 0 atom stereocenters. The Bertz CT molecular complexity index is 881. The van der Waals surface area contributed by atoms with E-state index >= 15 is 0 Å². The van der Waals surface area contributed by atoms with Gasteiger partial charge in [-0.1, -0.05) is 35.9 Å². The van der Waals surface area contributed by atoms with Crippen molar-refractivity contribution in [1.82, 2.24) is 20.0 Å². The number of aromatic nitrogens is 2. The highest BCUT2D eigenvalue weighted by atomic mass is 16.2. The highest BCUT2D eigenvalue weighted by Crippen LogP contribution is 2.23. The van der Waals surface area contributed by atoms with Crippen molar-refractivity contribution in [2.45, 2.75) is 38.5 Å². The second-order valence-corrected chi connectivity index (χ2v) is 7.93. The molecule has 4 rings (SSSR count). The summed E-state index contributed by atoms with van der Waals surface area (Å²) >= 11 is 0. The highest BCUT2D eigenvalue weighted by molar-refractivity contribution is 5.78. The zero-order valence-corrected chi connectivity index (χ0v) is 17.0. The van der Waals surface area contributed by atoms with Gasteiger partial charge in [-0.15, -0.1) is 0 Å². The Balaban J connectivity index is 1.24. The van der Waals surface area contributed by atoms with Crippen LogP contribution >= 0.6 is 0 Å². The lowest BCUT2D eigenvalue weighted by Gasteiger charge is -2.25. The zero-order chi connectivity index (χ0) is 19.9. The molecule has 1 aliphatic carbocycles. The van der Waals surface area contributed by atoms with Crippen molar-refractivity contribution in [3.8, 4) is 5.69 Å². The van der Waals surface area contributed by atoms with Crippen LogP contribution in [0.4, 0.5) is 0 Å². The molecule has 2 aliphatic rings. The molecule has 2 heterocycles.